The lowest BCUT2D eigenvalue weighted by atomic mass is 10.00. The Bertz CT molecular complexity index is 293. The van der Waals surface area contributed by atoms with Crippen molar-refractivity contribution in [3.8, 4) is 0 Å². The van der Waals surface area contributed by atoms with Gasteiger partial charge in [0.1, 0.15) is 6.29 Å². The molecule has 0 radical (unpaired) electrons. The predicted octanol–water partition coefficient (Wildman–Crippen LogP) is 0.792. The normalized spacial score (nSPS) is 10.1. The number of carbonyl (C=O) groups excluding carboxylic acids is 1. The summed E-state index contributed by atoms with van der Waals surface area (Å²) in [5.74, 6) is 0. The van der Waals surface area contributed by atoms with Crippen molar-refractivity contribution in [1.29, 1.82) is 0 Å². The molecule has 1 rings (SSSR count). The Hall–Kier alpha value is -1.19. The quantitative estimate of drug-likeness (QED) is 0.676. The Labute approximate surface area is 76.6 Å². The Morgan fingerprint density at radius 2 is 1.69 bits per heavy atom. The molecule has 0 unspecified atom stereocenters. The van der Waals surface area contributed by atoms with E-state index in [0.29, 0.717) is 23.0 Å². The molecule has 2 N–H and O–H groups in total. The molecule has 0 aliphatic carbocycles. The minimum absolute atomic E-state index is 0.111. The van der Waals surface area contributed by atoms with Crippen LogP contribution in [0.1, 0.15) is 27.0 Å². The van der Waals surface area contributed by atoms with Crippen LogP contribution in [0.15, 0.2) is 12.1 Å². The van der Waals surface area contributed by atoms with Crippen LogP contribution in [0, 0.1) is 6.92 Å². The van der Waals surface area contributed by atoms with E-state index in [1.54, 1.807) is 12.1 Å². The molecule has 3 heteroatoms. The first kappa shape index (κ1) is 9.89. The minimum atomic E-state index is -0.111. The summed E-state index contributed by atoms with van der Waals surface area (Å²) in [5.41, 5.74) is 2.71. The smallest absolute Gasteiger partial charge is 0.150 e. The van der Waals surface area contributed by atoms with E-state index in [-0.39, 0.29) is 13.2 Å². The Kier molecular flexibility index (Phi) is 3.17. The van der Waals surface area contributed by atoms with E-state index >= 15 is 0 Å². The van der Waals surface area contributed by atoms with Gasteiger partial charge in [0, 0.05) is 5.56 Å². The van der Waals surface area contributed by atoms with E-state index < -0.39 is 0 Å². The van der Waals surface area contributed by atoms with Crippen LogP contribution in [-0.4, -0.2) is 16.5 Å². The number of aliphatic hydroxyl groups is 2. The van der Waals surface area contributed by atoms with Crippen LogP contribution in [0.5, 0.6) is 0 Å². The fourth-order valence-corrected chi connectivity index (χ4v) is 1.26. The van der Waals surface area contributed by atoms with Crippen molar-refractivity contribution in [1.82, 2.24) is 0 Å². The number of rotatable bonds is 3. The first-order valence-electron chi connectivity index (χ1n) is 4.02. The number of aldehydes is 1. The summed E-state index contributed by atoms with van der Waals surface area (Å²) in [5, 5.41) is 17.9. The molecule has 0 amide bonds. The van der Waals surface area contributed by atoms with Gasteiger partial charge >= 0.3 is 0 Å². The van der Waals surface area contributed by atoms with Gasteiger partial charge in [-0.05, 0) is 35.7 Å². The second-order valence-electron chi connectivity index (χ2n) is 2.90. The zero-order valence-electron chi connectivity index (χ0n) is 7.45. The first-order valence-corrected chi connectivity index (χ1v) is 4.02. The summed E-state index contributed by atoms with van der Waals surface area (Å²) in [6.07, 6.45) is 0.706. The maximum atomic E-state index is 10.5. The maximum absolute atomic E-state index is 10.5. The van der Waals surface area contributed by atoms with E-state index in [9.17, 15) is 4.79 Å². The summed E-state index contributed by atoms with van der Waals surface area (Å²) < 4.78 is 0. The zero-order chi connectivity index (χ0) is 9.84. The van der Waals surface area contributed by atoms with Crippen LogP contribution in [0.3, 0.4) is 0 Å². The van der Waals surface area contributed by atoms with Crippen LogP contribution >= 0.6 is 0 Å². The topological polar surface area (TPSA) is 57.5 Å². The molecule has 1 aromatic rings. The van der Waals surface area contributed by atoms with Gasteiger partial charge < -0.3 is 10.2 Å². The van der Waals surface area contributed by atoms with Crippen LogP contribution in [0.4, 0.5) is 0 Å². The molecule has 0 aliphatic rings. The summed E-state index contributed by atoms with van der Waals surface area (Å²) in [6, 6.07) is 3.25. The predicted molar refractivity (Wildman–Crippen MR) is 48.4 cm³/mol. The molecular weight excluding hydrogens is 168 g/mol. The fourth-order valence-electron chi connectivity index (χ4n) is 1.26. The van der Waals surface area contributed by atoms with Crippen molar-refractivity contribution in [2.45, 2.75) is 20.1 Å². The number of aliphatic hydroxyl groups excluding tert-OH is 2. The molecule has 0 spiro atoms. The highest BCUT2D eigenvalue weighted by Gasteiger charge is 2.05. The third-order valence-corrected chi connectivity index (χ3v) is 2.12. The first-order chi connectivity index (χ1) is 6.22. The SMILES string of the molecule is Cc1c(CO)cc(C=O)cc1CO. The molecule has 70 valence electrons. The molecule has 3 nitrogen and oxygen atoms in total. The van der Waals surface area contributed by atoms with Gasteiger partial charge in [0.25, 0.3) is 0 Å². The zero-order valence-corrected chi connectivity index (χ0v) is 7.45. The number of benzene rings is 1. The Balaban J connectivity index is 3.28. The van der Waals surface area contributed by atoms with Crippen LogP contribution in [0.2, 0.25) is 0 Å². The summed E-state index contributed by atoms with van der Waals surface area (Å²) >= 11 is 0. The molecule has 0 aliphatic heterocycles. The highest BCUT2D eigenvalue weighted by Crippen LogP contribution is 2.16. The molecule has 13 heavy (non-hydrogen) atoms. The van der Waals surface area contributed by atoms with Gasteiger partial charge in [0.05, 0.1) is 13.2 Å². The lowest BCUT2D eigenvalue weighted by molar-refractivity contribution is 0.112. The highest BCUT2D eigenvalue weighted by atomic mass is 16.3. The van der Waals surface area contributed by atoms with Crippen LogP contribution in [0.25, 0.3) is 0 Å². The van der Waals surface area contributed by atoms with Crippen molar-refractivity contribution in [3.05, 3.63) is 34.4 Å². The molecule has 0 bridgehead atoms. The average molecular weight is 180 g/mol. The van der Waals surface area contributed by atoms with Gasteiger partial charge in [-0.1, -0.05) is 0 Å². The lowest BCUT2D eigenvalue weighted by Crippen LogP contribution is -1.98. The van der Waals surface area contributed by atoms with E-state index in [2.05, 4.69) is 0 Å². The second-order valence-corrected chi connectivity index (χ2v) is 2.90. The fraction of sp³-hybridized carbons (Fsp3) is 0.300. The van der Waals surface area contributed by atoms with E-state index in [1.165, 1.54) is 0 Å². The number of hydrogen-bond acceptors (Lipinski definition) is 3. The average Bonchev–Trinajstić information content (AvgIpc) is 2.18. The van der Waals surface area contributed by atoms with Crippen molar-refractivity contribution < 1.29 is 15.0 Å². The van der Waals surface area contributed by atoms with E-state index in [4.69, 9.17) is 10.2 Å². The van der Waals surface area contributed by atoms with Crippen molar-refractivity contribution in [3.63, 3.8) is 0 Å². The van der Waals surface area contributed by atoms with Crippen molar-refractivity contribution >= 4 is 6.29 Å². The maximum Gasteiger partial charge on any atom is 0.150 e. The summed E-state index contributed by atoms with van der Waals surface area (Å²) in [4.78, 5) is 10.5. The molecular formula is C10H12O3. The molecule has 0 heterocycles. The molecule has 0 aromatic heterocycles. The van der Waals surface area contributed by atoms with Gasteiger partial charge in [0.2, 0.25) is 0 Å². The third kappa shape index (κ3) is 1.94. The third-order valence-electron chi connectivity index (χ3n) is 2.12. The number of carbonyl (C=O) groups is 1. The van der Waals surface area contributed by atoms with Gasteiger partial charge in [-0.25, -0.2) is 0 Å². The summed E-state index contributed by atoms with van der Waals surface area (Å²) in [6.45, 7) is 1.59. The molecule has 0 fully saturated rings. The van der Waals surface area contributed by atoms with Gasteiger partial charge in [-0.3, -0.25) is 4.79 Å². The molecule has 0 atom stereocenters. The lowest BCUT2D eigenvalue weighted by Gasteiger charge is -2.08. The van der Waals surface area contributed by atoms with E-state index in [0.717, 1.165) is 5.56 Å². The standard InChI is InChI=1S/C10H12O3/c1-7-9(5-12)2-8(4-11)3-10(7)6-13/h2-4,12-13H,5-6H2,1H3. The Morgan fingerprint density at radius 3 is 2.00 bits per heavy atom. The van der Waals surface area contributed by atoms with Gasteiger partial charge in [0.15, 0.2) is 0 Å². The van der Waals surface area contributed by atoms with Crippen LogP contribution < -0.4 is 0 Å². The van der Waals surface area contributed by atoms with Gasteiger partial charge in [-0.15, -0.1) is 0 Å². The monoisotopic (exact) mass is 180 g/mol. The molecule has 0 saturated carbocycles. The van der Waals surface area contributed by atoms with Crippen LogP contribution in [-0.2, 0) is 13.2 Å². The highest BCUT2D eigenvalue weighted by molar-refractivity contribution is 5.76. The summed E-state index contributed by atoms with van der Waals surface area (Å²) in [7, 11) is 0. The van der Waals surface area contributed by atoms with Crippen molar-refractivity contribution in [2.24, 2.45) is 0 Å². The largest absolute Gasteiger partial charge is 0.392 e. The molecule has 1 aromatic carbocycles. The van der Waals surface area contributed by atoms with Crippen molar-refractivity contribution in [2.75, 3.05) is 0 Å². The Morgan fingerprint density at radius 1 is 1.23 bits per heavy atom. The van der Waals surface area contributed by atoms with E-state index in [1.807, 2.05) is 6.92 Å². The second kappa shape index (κ2) is 4.16. The minimum Gasteiger partial charge on any atom is -0.392 e. The number of hydrogen-bond donors (Lipinski definition) is 2. The molecule has 0 saturated heterocycles. The van der Waals surface area contributed by atoms with Gasteiger partial charge in [-0.2, -0.15) is 0 Å².